The van der Waals surface area contributed by atoms with E-state index in [9.17, 15) is 22.8 Å². The predicted molar refractivity (Wildman–Crippen MR) is 136 cm³/mol. The molecule has 0 saturated heterocycles. The van der Waals surface area contributed by atoms with Crippen LogP contribution in [0.2, 0.25) is 5.02 Å². The number of aryl methyl sites for hydroxylation is 1. The summed E-state index contributed by atoms with van der Waals surface area (Å²) in [6.07, 6.45) is -0.326. The van der Waals surface area contributed by atoms with Crippen LogP contribution in [0.3, 0.4) is 0 Å². The van der Waals surface area contributed by atoms with Crippen molar-refractivity contribution in [3.05, 3.63) is 76.8 Å². The van der Waals surface area contributed by atoms with Crippen LogP contribution in [0.15, 0.2) is 55.0 Å². The monoisotopic (exact) mass is 549 g/mol. The van der Waals surface area contributed by atoms with Crippen molar-refractivity contribution >= 4 is 29.2 Å². The van der Waals surface area contributed by atoms with Gasteiger partial charge in [-0.1, -0.05) is 29.8 Å². The molecule has 0 spiro atoms. The van der Waals surface area contributed by atoms with E-state index in [1.54, 1.807) is 28.3 Å². The van der Waals surface area contributed by atoms with Gasteiger partial charge in [-0.05, 0) is 36.8 Å². The highest BCUT2D eigenvalue weighted by Gasteiger charge is 2.32. The number of hydrogen-bond donors (Lipinski definition) is 1. The zero-order chi connectivity index (χ0) is 27.4. The summed E-state index contributed by atoms with van der Waals surface area (Å²) in [5.41, 5.74) is 2.37. The van der Waals surface area contributed by atoms with Crippen LogP contribution >= 0.6 is 11.6 Å². The van der Waals surface area contributed by atoms with Crippen LogP contribution in [0.4, 0.5) is 23.7 Å². The van der Waals surface area contributed by atoms with Crippen LogP contribution in [0.1, 0.15) is 28.5 Å². The maximum absolute atomic E-state index is 13.6. The van der Waals surface area contributed by atoms with Crippen molar-refractivity contribution in [2.24, 2.45) is 7.05 Å². The number of nitrogens with zero attached hydrogens (tertiary/aromatic N) is 4. The normalized spacial score (nSPS) is 15.6. The largest absolute Gasteiger partial charge is 0.484 e. The second-order valence-corrected chi connectivity index (χ2v) is 9.49. The summed E-state index contributed by atoms with van der Waals surface area (Å²) in [4.78, 5) is 34.2. The number of para-hydroxylation sites is 1. The quantitative estimate of drug-likeness (QED) is 0.478. The summed E-state index contributed by atoms with van der Waals surface area (Å²) in [5, 5.41) is 2.90. The van der Waals surface area contributed by atoms with Gasteiger partial charge in [0.15, 0.2) is 6.61 Å². The molecule has 1 atom stereocenters. The van der Waals surface area contributed by atoms with E-state index in [4.69, 9.17) is 16.3 Å². The Balaban J connectivity index is 1.50. The second kappa shape index (κ2) is 11.3. The first-order chi connectivity index (χ1) is 18.0. The van der Waals surface area contributed by atoms with Crippen molar-refractivity contribution < 1.29 is 27.5 Å². The van der Waals surface area contributed by atoms with Gasteiger partial charge in [0.1, 0.15) is 5.75 Å². The number of benzene rings is 2. The highest BCUT2D eigenvalue weighted by molar-refractivity contribution is 6.34. The van der Waals surface area contributed by atoms with Crippen LogP contribution < -0.4 is 15.0 Å². The SMILES string of the molecule is C[C@@H]1CN(C(=O)c2ccc(OCC(F)(F)F)cc2Cl)c2ccccc2CN1C(=O)NCCc1cn(C)cn1. The lowest BCUT2D eigenvalue weighted by molar-refractivity contribution is -0.153. The van der Waals surface area contributed by atoms with Crippen molar-refractivity contribution in [1.82, 2.24) is 19.8 Å². The number of rotatable bonds is 6. The van der Waals surface area contributed by atoms with Gasteiger partial charge < -0.3 is 24.4 Å². The van der Waals surface area contributed by atoms with Crippen LogP contribution in [0.5, 0.6) is 5.75 Å². The van der Waals surface area contributed by atoms with E-state index in [-0.39, 0.29) is 41.5 Å². The Morgan fingerprint density at radius 2 is 1.97 bits per heavy atom. The highest BCUT2D eigenvalue weighted by atomic mass is 35.5. The van der Waals surface area contributed by atoms with Gasteiger partial charge in [0.05, 0.1) is 22.6 Å². The standard InChI is InChI=1S/C26H27ClF3N5O3/c1-17-12-35(24(36)21-8-7-20(11-22(21)27)38-15-26(28,29)30)23-6-4-3-5-18(23)13-34(17)25(37)31-10-9-19-14-33(2)16-32-19/h3-8,11,14,16-17H,9-10,12-13,15H2,1-2H3,(H,31,37)/t17-/m1/s1. The minimum absolute atomic E-state index is 0.0341. The average molecular weight is 550 g/mol. The number of imidazole rings is 1. The molecular weight excluding hydrogens is 523 g/mol. The molecule has 3 amide bonds. The number of halogens is 4. The highest BCUT2D eigenvalue weighted by Crippen LogP contribution is 2.31. The smallest absolute Gasteiger partial charge is 0.422 e. The minimum atomic E-state index is -4.50. The van der Waals surface area contributed by atoms with Gasteiger partial charge in [0.25, 0.3) is 5.91 Å². The van der Waals surface area contributed by atoms with E-state index in [1.807, 2.05) is 36.9 Å². The van der Waals surface area contributed by atoms with Gasteiger partial charge in [-0.2, -0.15) is 13.2 Å². The minimum Gasteiger partial charge on any atom is -0.484 e. The fourth-order valence-corrected chi connectivity index (χ4v) is 4.49. The number of alkyl halides is 3. The van der Waals surface area contributed by atoms with Crippen LogP contribution in [-0.4, -0.2) is 58.3 Å². The number of anilines is 1. The summed E-state index contributed by atoms with van der Waals surface area (Å²) in [6.45, 7) is 1.26. The number of amides is 3. The molecular formula is C26H27ClF3N5O3. The van der Waals surface area contributed by atoms with E-state index >= 15 is 0 Å². The topological polar surface area (TPSA) is 79.7 Å². The molecule has 1 N–H and O–H groups in total. The molecule has 0 fully saturated rings. The van der Waals surface area contributed by atoms with Gasteiger partial charge >= 0.3 is 12.2 Å². The van der Waals surface area contributed by atoms with Crippen molar-refractivity contribution in [2.75, 3.05) is 24.6 Å². The van der Waals surface area contributed by atoms with Gasteiger partial charge in [0, 0.05) is 51.0 Å². The Morgan fingerprint density at radius 3 is 2.66 bits per heavy atom. The summed E-state index contributed by atoms with van der Waals surface area (Å²) in [6, 6.07) is 10.5. The van der Waals surface area contributed by atoms with Crippen LogP contribution in [0.25, 0.3) is 0 Å². The molecule has 202 valence electrons. The fraction of sp³-hybridized carbons (Fsp3) is 0.346. The Hall–Kier alpha value is -3.73. The number of carbonyl (C=O) groups is 2. The maximum Gasteiger partial charge on any atom is 0.422 e. The van der Waals surface area contributed by atoms with Crippen LogP contribution in [-0.2, 0) is 20.0 Å². The van der Waals surface area contributed by atoms with Crippen molar-refractivity contribution in [3.8, 4) is 5.75 Å². The Labute approximate surface area is 222 Å². The van der Waals surface area contributed by atoms with E-state index in [1.165, 1.54) is 18.2 Å². The third kappa shape index (κ3) is 6.58. The third-order valence-electron chi connectivity index (χ3n) is 6.10. The second-order valence-electron chi connectivity index (χ2n) is 9.08. The summed E-state index contributed by atoms with van der Waals surface area (Å²) < 4.78 is 44.0. The molecule has 0 unspecified atom stereocenters. The van der Waals surface area contributed by atoms with E-state index in [2.05, 4.69) is 10.3 Å². The lowest BCUT2D eigenvalue weighted by Crippen LogP contribution is -2.48. The molecule has 8 nitrogen and oxygen atoms in total. The van der Waals surface area contributed by atoms with Gasteiger partial charge in [-0.25, -0.2) is 9.78 Å². The van der Waals surface area contributed by atoms with Crippen molar-refractivity contribution in [2.45, 2.75) is 32.1 Å². The molecule has 1 aliphatic heterocycles. The summed E-state index contributed by atoms with van der Waals surface area (Å²) in [5.74, 6) is -0.531. The molecule has 2 heterocycles. The first-order valence-corrected chi connectivity index (χ1v) is 12.3. The lowest BCUT2D eigenvalue weighted by atomic mass is 10.1. The van der Waals surface area contributed by atoms with Crippen molar-refractivity contribution in [3.63, 3.8) is 0 Å². The lowest BCUT2D eigenvalue weighted by Gasteiger charge is -2.29. The zero-order valence-corrected chi connectivity index (χ0v) is 21.6. The summed E-state index contributed by atoms with van der Waals surface area (Å²) >= 11 is 6.30. The number of urea groups is 1. The number of ether oxygens (including phenoxy) is 1. The number of nitrogens with one attached hydrogen (secondary N) is 1. The average Bonchev–Trinajstić information content (AvgIpc) is 3.21. The van der Waals surface area contributed by atoms with Gasteiger partial charge in [0.2, 0.25) is 0 Å². The Kier molecular flexibility index (Phi) is 8.15. The van der Waals surface area contributed by atoms with Crippen LogP contribution in [0, 0.1) is 0 Å². The molecule has 38 heavy (non-hydrogen) atoms. The number of hydrogen-bond acceptors (Lipinski definition) is 4. The number of fused-ring (bicyclic) bond motifs is 1. The van der Waals surface area contributed by atoms with Gasteiger partial charge in [-0.3, -0.25) is 4.79 Å². The van der Waals surface area contributed by atoms with E-state index in [0.717, 1.165) is 11.3 Å². The van der Waals surface area contributed by atoms with E-state index in [0.29, 0.717) is 18.7 Å². The first-order valence-electron chi connectivity index (χ1n) is 11.9. The molecule has 0 bridgehead atoms. The predicted octanol–water partition coefficient (Wildman–Crippen LogP) is 4.82. The molecule has 3 aromatic rings. The molecule has 12 heteroatoms. The maximum atomic E-state index is 13.6. The molecule has 4 rings (SSSR count). The Bertz CT molecular complexity index is 1310. The fourth-order valence-electron chi connectivity index (χ4n) is 4.24. The molecule has 1 aliphatic rings. The zero-order valence-electron chi connectivity index (χ0n) is 20.8. The first kappa shape index (κ1) is 27.3. The molecule has 0 saturated carbocycles. The molecule has 1 aromatic heterocycles. The van der Waals surface area contributed by atoms with E-state index < -0.39 is 18.7 Å². The molecule has 0 aliphatic carbocycles. The molecule has 0 radical (unpaired) electrons. The summed E-state index contributed by atoms with van der Waals surface area (Å²) in [7, 11) is 1.88. The molecule has 2 aromatic carbocycles. The Morgan fingerprint density at radius 1 is 1.21 bits per heavy atom. The third-order valence-corrected chi connectivity index (χ3v) is 6.41. The van der Waals surface area contributed by atoms with Gasteiger partial charge in [-0.15, -0.1) is 0 Å². The van der Waals surface area contributed by atoms with Crippen molar-refractivity contribution in [1.29, 1.82) is 0 Å². The number of aromatic nitrogens is 2. The number of carbonyl (C=O) groups excluding carboxylic acids is 2.